The number of fused-ring (bicyclic) bond motifs is 1. The summed E-state index contributed by atoms with van der Waals surface area (Å²) in [6.45, 7) is 4.62. The van der Waals surface area contributed by atoms with Crippen molar-refractivity contribution < 1.29 is 18.3 Å². The second kappa shape index (κ2) is 10.3. The number of ether oxygens (including phenoxy) is 1. The number of amides is 1. The summed E-state index contributed by atoms with van der Waals surface area (Å²) in [4.78, 5) is 17.5. The smallest absolute Gasteiger partial charge is 0.267 e. The number of methoxy groups -OCH3 is 1. The van der Waals surface area contributed by atoms with E-state index in [0.29, 0.717) is 29.3 Å². The number of aryl methyl sites for hydroxylation is 1. The molecule has 0 aliphatic carbocycles. The Labute approximate surface area is 189 Å². The summed E-state index contributed by atoms with van der Waals surface area (Å²) < 4.78 is 29.5. The second-order valence-corrected chi connectivity index (χ2v) is 8.56. The van der Waals surface area contributed by atoms with E-state index in [2.05, 4.69) is 4.98 Å². The van der Waals surface area contributed by atoms with E-state index in [9.17, 15) is 13.6 Å². The third kappa shape index (κ3) is 5.26. The maximum absolute atomic E-state index is 12.9. The molecule has 1 N–H and O–H groups in total. The Morgan fingerprint density at radius 1 is 1.26 bits per heavy atom. The van der Waals surface area contributed by atoms with Crippen LogP contribution in [0.2, 0.25) is 5.02 Å². The van der Waals surface area contributed by atoms with Gasteiger partial charge < -0.3 is 9.30 Å². The molecule has 0 aliphatic rings. The molecule has 3 aromatic rings. The highest BCUT2D eigenvalue weighted by Gasteiger charge is 2.21. The van der Waals surface area contributed by atoms with Crippen molar-refractivity contribution >= 4 is 39.8 Å². The summed E-state index contributed by atoms with van der Waals surface area (Å²) in [7, 11) is 1.59. The van der Waals surface area contributed by atoms with Crippen molar-refractivity contribution in [1.29, 1.82) is 0 Å². The monoisotopic (exact) mass is 463 g/mol. The number of imidazole rings is 1. The molecule has 0 bridgehead atoms. The van der Waals surface area contributed by atoms with E-state index >= 15 is 0 Å². The fraction of sp³-hybridized carbons (Fsp3) is 0.364. The molecule has 1 heterocycles. The van der Waals surface area contributed by atoms with Crippen molar-refractivity contribution in [2.45, 2.75) is 39.7 Å². The Kier molecular flexibility index (Phi) is 7.69. The van der Waals surface area contributed by atoms with Crippen LogP contribution in [0, 0.1) is 6.92 Å². The van der Waals surface area contributed by atoms with Gasteiger partial charge in [0.25, 0.3) is 17.2 Å². The molecular weight excluding hydrogens is 438 g/mol. The summed E-state index contributed by atoms with van der Waals surface area (Å²) in [6, 6.07) is 10.6. The third-order valence-electron chi connectivity index (χ3n) is 5.15. The van der Waals surface area contributed by atoms with Crippen LogP contribution in [0.4, 0.5) is 0 Å². The number of hydrogen-bond acceptors (Lipinski definition) is 4. The molecule has 0 saturated heterocycles. The topological polar surface area (TPSA) is 84.7 Å². The Bertz CT molecular complexity index is 1120. The molecule has 7 nitrogen and oxygen atoms in total. The molecule has 1 unspecified atom stereocenters. The van der Waals surface area contributed by atoms with Gasteiger partial charge in [-0.3, -0.25) is 9.35 Å². The summed E-state index contributed by atoms with van der Waals surface area (Å²) in [5.41, 5.74) is 2.72. The Morgan fingerprint density at radius 3 is 2.68 bits per heavy atom. The van der Waals surface area contributed by atoms with E-state index in [0.717, 1.165) is 39.6 Å². The SMILES string of the molecule is CCCCCN(C(=O)c1ccc2nc(C)n(Cc3ccc(OC)cc3Cl)c2c1)S(=O)O. The Hall–Kier alpha value is -2.42. The van der Waals surface area contributed by atoms with E-state index in [1.165, 1.54) is 0 Å². The number of aromatic nitrogens is 2. The molecular formula is C22H26ClN3O4S. The maximum Gasteiger partial charge on any atom is 0.267 e. The zero-order valence-corrected chi connectivity index (χ0v) is 19.4. The lowest BCUT2D eigenvalue weighted by Crippen LogP contribution is -2.33. The summed E-state index contributed by atoms with van der Waals surface area (Å²) >= 11 is 4.03. The summed E-state index contributed by atoms with van der Waals surface area (Å²) in [6.07, 6.45) is 2.51. The molecule has 31 heavy (non-hydrogen) atoms. The number of carbonyl (C=O) groups excluding carboxylic acids is 1. The minimum atomic E-state index is -2.38. The first-order chi connectivity index (χ1) is 14.8. The van der Waals surface area contributed by atoms with Crippen molar-refractivity contribution in [2.24, 2.45) is 0 Å². The van der Waals surface area contributed by atoms with Crippen molar-refractivity contribution in [2.75, 3.05) is 13.7 Å². The quantitative estimate of drug-likeness (QED) is 0.363. The van der Waals surface area contributed by atoms with Gasteiger partial charge in [0.15, 0.2) is 0 Å². The predicted molar refractivity (Wildman–Crippen MR) is 123 cm³/mol. The van der Waals surface area contributed by atoms with Crippen LogP contribution >= 0.6 is 11.6 Å². The number of unbranched alkanes of at least 4 members (excludes halogenated alkanes) is 2. The van der Waals surface area contributed by atoms with Crippen molar-refractivity contribution in [3.63, 3.8) is 0 Å². The molecule has 1 amide bonds. The number of hydrogen-bond donors (Lipinski definition) is 1. The normalized spacial score (nSPS) is 12.2. The number of halogens is 1. The van der Waals surface area contributed by atoms with Gasteiger partial charge in [-0.2, -0.15) is 0 Å². The minimum Gasteiger partial charge on any atom is -0.497 e. The Balaban J connectivity index is 1.94. The highest BCUT2D eigenvalue weighted by Crippen LogP contribution is 2.26. The lowest BCUT2D eigenvalue weighted by atomic mass is 10.1. The largest absolute Gasteiger partial charge is 0.497 e. The molecule has 2 aromatic carbocycles. The summed E-state index contributed by atoms with van der Waals surface area (Å²) in [5.74, 6) is 0.970. The molecule has 0 saturated carbocycles. The third-order valence-corrected chi connectivity index (χ3v) is 6.23. The minimum absolute atomic E-state index is 0.230. The van der Waals surface area contributed by atoms with Crippen molar-refractivity contribution in [3.05, 3.63) is 58.4 Å². The zero-order valence-electron chi connectivity index (χ0n) is 17.8. The van der Waals surface area contributed by atoms with E-state index < -0.39 is 17.2 Å². The predicted octanol–water partition coefficient (Wildman–Crippen LogP) is 4.82. The van der Waals surface area contributed by atoms with Gasteiger partial charge in [-0.1, -0.05) is 37.4 Å². The van der Waals surface area contributed by atoms with Crippen LogP contribution in [0.5, 0.6) is 5.75 Å². The van der Waals surface area contributed by atoms with E-state index in [4.69, 9.17) is 16.3 Å². The van der Waals surface area contributed by atoms with Crippen molar-refractivity contribution in [3.8, 4) is 5.75 Å². The average molecular weight is 464 g/mol. The zero-order chi connectivity index (χ0) is 22.5. The lowest BCUT2D eigenvalue weighted by molar-refractivity contribution is 0.0858. The standard InChI is InChI=1S/C22H26ClN3O4S/c1-4-5-6-11-26(31(28)29)22(27)16-8-10-20-21(12-16)25(15(2)24-20)14-17-7-9-18(30-3)13-19(17)23/h7-10,12-13H,4-6,11,14H2,1-3H3,(H,28,29). The molecule has 166 valence electrons. The molecule has 1 atom stereocenters. The number of benzene rings is 2. The van der Waals surface area contributed by atoms with Crippen LogP contribution in [0.3, 0.4) is 0 Å². The maximum atomic E-state index is 12.9. The van der Waals surface area contributed by atoms with Crippen LogP contribution in [-0.2, 0) is 17.8 Å². The number of rotatable bonds is 9. The lowest BCUT2D eigenvalue weighted by Gasteiger charge is -2.18. The van der Waals surface area contributed by atoms with Gasteiger partial charge in [-0.05, 0) is 49.2 Å². The molecule has 1 aromatic heterocycles. The molecule has 3 rings (SSSR count). The van der Waals surface area contributed by atoms with Crippen LogP contribution < -0.4 is 4.74 Å². The highest BCUT2D eigenvalue weighted by atomic mass is 35.5. The number of carbonyl (C=O) groups is 1. The van der Waals surface area contributed by atoms with Gasteiger partial charge >= 0.3 is 0 Å². The van der Waals surface area contributed by atoms with E-state index in [-0.39, 0.29) is 6.54 Å². The molecule has 0 radical (unpaired) electrons. The second-order valence-electron chi connectivity index (χ2n) is 7.25. The van der Waals surface area contributed by atoms with Crippen LogP contribution in [0.15, 0.2) is 36.4 Å². The van der Waals surface area contributed by atoms with Gasteiger partial charge in [0.2, 0.25) is 0 Å². The van der Waals surface area contributed by atoms with Gasteiger partial charge in [0.1, 0.15) is 11.6 Å². The van der Waals surface area contributed by atoms with Gasteiger partial charge in [0, 0.05) is 17.1 Å². The first-order valence-corrected chi connectivity index (χ1v) is 11.5. The molecule has 9 heteroatoms. The molecule has 0 aliphatic heterocycles. The molecule has 0 spiro atoms. The average Bonchev–Trinajstić information content (AvgIpc) is 3.06. The van der Waals surface area contributed by atoms with E-state index in [1.54, 1.807) is 31.4 Å². The summed E-state index contributed by atoms with van der Waals surface area (Å²) in [5, 5.41) is 0.575. The Morgan fingerprint density at radius 2 is 2.03 bits per heavy atom. The van der Waals surface area contributed by atoms with Gasteiger partial charge in [-0.25, -0.2) is 13.5 Å². The fourth-order valence-corrected chi connectivity index (χ4v) is 4.19. The molecule has 0 fully saturated rings. The van der Waals surface area contributed by atoms with Crippen LogP contribution in [-0.4, -0.2) is 42.2 Å². The first-order valence-electron chi connectivity index (χ1n) is 10.1. The first kappa shape index (κ1) is 23.2. The van der Waals surface area contributed by atoms with Gasteiger partial charge in [-0.15, -0.1) is 0 Å². The number of nitrogens with zero attached hydrogens (tertiary/aromatic N) is 3. The van der Waals surface area contributed by atoms with E-state index in [1.807, 2.05) is 30.5 Å². The highest BCUT2D eigenvalue weighted by molar-refractivity contribution is 7.77. The van der Waals surface area contributed by atoms with Gasteiger partial charge in [0.05, 0.1) is 24.7 Å². The van der Waals surface area contributed by atoms with Crippen LogP contribution in [0.25, 0.3) is 11.0 Å². The fourth-order valence-electron chi connectivity index (χ4n) is 3.43. The van der Waals surface area contributed by atoms with Crippen molar-refractivity contribution in [1.82, 2.24) is 13.9 Å². The van der Waals surface area contributed by atoms with Crippen LogP contribution in [0.1, 0.15) is 47.9 Å².